The minimum absolute atomic E-state index is 0.0142. The van der Waals surface area contributed by atoms with Crippen LogP contribution in [0.15, 0.2) is 18.2 Å². The number of benzene rings is 1. The van der Waals surface area contributed by atoms with Gasteiger partial charge in [-0.3, -0.25) is 4.79 Å². The third-order valence-electron chi connectivity index (χ3n) is 2.84. The molecule has 0 saturated heterocycles. The second-order valence-electron chi connectivity index (χ2n) is 4.66. The Kier molecular flexibility index (Phi) is 7.17. The Labute approximate surface area is 130 Å². The van der Waals surface area contributed by atoms with Crippen LogP contribution in [0, 0.1) is 0 Å². The van der Waals surface area contributed by atoms with E-state index >= 15 is 0 Å². The van der Waals surface area contributed by atoms with Crippen molar-refractivity contribution in [1.82, 2.24) is 4.90 Å². The molecule has 3 nitrogen and oxygen atoms in total. The summed E-state index contributed by atoms with van der Waals surface area (Å²) in [6.45, 7) is 7.34. The summed E-state index contributed by atoms with van der Waals surface area (Å²) in [6, 6.07) is 4.97. The van der Waals surface area contributed by atoms with Gasteiger partial charge in [0, 0.05) is 18.1 Å². The van der Waals surface area contributed by atoms with Crippen molar-refractivity contribution in [2.75, 3.05) is 13.1 Å². The van der Waals surface area contributed by atoms with Gasteiger partial charge in [-0.2, -0.15) is 0 Å². The molecule has 0 aliphatic carbocycles. The number of hydrogen-bond acceptors (Lipinski definition) is 2. The van der Waals surface area contributed by atoms with E-state index in [0.717, 1.165) is 25.9 Å². The average Bonchev–Trinajstić information content (AvgIpc) is 2.40. The predicted octanol–water partition coefficient (Wildman–Crippen LogP) is 4.41. The van der Waals surface area contributed by atoms with E-state index in [0.29, 0.717) is 15.8 Å². The highest BCUT2D eigenvalue weighted by Crippen LogP contribution is 2.28. The lowest BCUT2D eigenvalue weighted by atomic mass is 10.2. The number of rotatable bonds is 7. The van der Waals surface area contributed by atoms with Gasteiger partial charge in [0.15, 0.2) is 6.10 Å². The predicted molar refractivity (Wildman–Crippen MR) is 83.7 cm³/mol. The first-order chi connectivity index (χ1) is 9.49. The molecule has 1 rings (SSSR count). The molecule has 5 heteroatoms. The van der Waals surface area contributed by atoms with Crippen LogP contribution in [-0.4, -0.2) is 30.0 Å². The quantitative estimate of drug-likeness (QED) is 0.745. The number of amides is 1. The van der Waals surface area contributed by atoms with Crippen LogP contribution in [0.3, 0.4) is 0 Å². The zero-order valence-corrected chi connectivity index (χ0v) is 13.7. The van der Waals surface area contributed by atoms with E-state index in [9.17, 15) is 4.79 Å². The van der Waals surface area contributed by atoms with Crippen molar-refractivity contribution in [2.45, 2.75) is 39.7 Å². The zero-order chi connectivity index (χ0) is 15.1. The van der Waals surface area contributed by atoms with E-state index in [2.05, 4.69) is 13.8 Å². The standard InChI is InChI=1S/C15H21Cl2NO2/c1-4-8-18(9-5-2)15(19)11(3)20-14-7-6-12(16)10-13(14)17/h6-7,10-11H,4-5,8-9H2,1-3H3/t11-/m0/s1. The summed E-state index contributed by atoms with van der Waals surface area (Å²) in [5.41, 5.74) is 0. The first-order valence-corrected chi connectivity index (χ1v) is 7.65. The fraction of sp³-hybridized carbons (Fsp3) is 0.533. The molecule has 0 saturated carbocycles. The zero-order valence-electron chi connectivity index (χ0n) is 12.2. The van der Waals surface area contributed by atoms with Crippen molar-refractivity contribution in [3.63, 3.8) is 0 Å². The van der Waals surface area contributed by atoms with Gasteiger partial charge in [-0.05, 0) is 38.0 Å². The van der Waals surface area contributed by atoms with Crippen LogP contribution in [0.1, 0.15) is 33.6 Å². The molecule has 1 atom stereocenters. The summed E-state index contributed by atoms with van der Waals surface area (Å²) in [5.74, 6) is 0.463. The molecule has 20 heavy (non-hydrogen) atoms. The maximum atomic E-state index is 12.3. The van der Waals surface area contributed by atoms with Crippen LogP contribution >= 0.6 is 23.2 Å². The van der Waals surface area contributed by atoms with E-state index in [4.69, 9.17) is 27.9 Å². The topological polar surface area (TPSA) is 29.5 Å². The van der Waals surface area contributed by atoms with Crippen molar-refractivity contribution < 1.29 is 9.53 Å². The molecule has 1 aromatic rings. The second kappa shape index (κ2) is 8.38. The first-order valence-electron chi connectivity index (χ1n) is 6.90. The van der Waals surface area contributed by atoms with Crippen molar-refractivity contribution in [2.24, 2.45) is 0 Å². The Bertz CT molecular complexity index is 445. The molecule has 0 fully saturated rings. The Balaban J connectivity index is 2.73. The van der Waals surface area contributed by atoms with Gasteiger partial charge in [-0.1, -0.05) is 37.0 Å². The largest absolute Gasteiger partial charge is 0.479 e. The summed E-state index contributed by atoms with van der Waals surface area (Å²) in [4.78, 5) is 14.2. The lowest BCUT2D eigenvalue weighted by Crippen LogP contribution is -2.41. The highest BCUT2D eigenvalue weighted by atomic mass is 35.5. The molecule has 1 amide bonds. The number of carbonyl (C=O) groups is 1. The summed E-state index contributed by atoms with van der Waals surface area (Å²) in [5, 5.41) is 0.953. The van der Waals surface area contributed by atoms with Gasteiger partial charge in [0.2, 0.25) is 0 Å². The summed E-state index contributed by atoms with van der Waals surface area (Å²) in [6.07, 6.45) is 1.30. The third-order valence-corrected chi connectivity index (χ3v) is 3.37. The minimum Gasteiger partial charge on any atom is -0.479 e. The molecule has 0 spiro atoms. The average molecular weight is 318 g/mol. The molecule has 0 aliphatic heterocycles. The van der Waals surface area contributed by atoms with E-state index in [1.54, 1.807) is 25.1 Å². The fourth-order valence-corrected chi connectivity index (χ4v) is 2.39. The molecule has 0 bridgehead atoms. The van der Waals surface area contributed by atoms with Crippen LogP contribution in [0.4, 0.5) is 0 Å². The highest BCUT2D eigenvalue weighted by molar-refractivity contribution is 6.35. The number of carbonyl (C=O) groups excluding carboxylic acids is 1. The SMILES string of the molecule is CCCN(CCC)C(=O)[C@H](C)Oc1ccc(Cl)cc1Cl. The molecule has 112 valence electrons. The molecule has 0 radical (unpaired) electrons. The normalized spacial score (nSPS) is 12.1. The lowest BCUT2D eigenvalue weighted by Gasteiger charge is -2.25. The van der Waals surface area contributed by atoms with Gasteiger partial charge in [-0.25, -0.2) is 0 Å². The monoisotopic (exact) mass is 317 g/mol. The highest BCUT2D eigenvalue weighted by Gasteiger charge is 2.21. The van der Waals surface area contributed by atoms with Gasteiger partial charge in [-0.15, -0.1) is 0 Å². The number of nitrogens with zero attached hydrogens (tertiary/aromatic N) is 1. The van der Waals surface area contributed by atoms with Gasteiger partial charge in [0.1, 0.15) is 5.75 Å². The van der Waals surface area contributed by atoms with E-state index < -0.39 is 6.10 Å². The Morgan fingerprint density at radius 2 is 1.85 bits per heavy atom. The van der Waals surface area contributed by atoms with Gasteiger partial charge >= 0.3 is 0 Å². The fourth-order valence-electron chi connectivity index (χ4n) is 1.94. The number of hydrogen-bond donors (Lipinski definition) is 0. The van der Waals surface area contributed by atoms with Crippen LogP contribution < -0.4 is 4.74 Å². The van der Waals surface area contributed by atoms with E-state index in [1.165, 1.54) is 0 Å². The van der Waals surface area contributed by atoms with Gasteiger partial charge in [0.25, 0.3) is 5.91 Å². The maximum Gasteiger partial charge on any atom is 0.263 e. The van der Waals surface area contributed by atoms with Crippen LogP contribution in [0.25, 0.3) is 0 Å². The van der Waals surface area contributed by atoms with Gasteiger partial charge in [0.05, 0.1) is 5.02 Å². The molecule has 0 N–H and O–H groups in total. The summed E-state index contributed by atoms with van der Waals surface area (Å²) < 4.78 is 5.65. The molecule has 0 aromatic heterocycles. The maximum absolute atomic E-state index is 12.3. The van der Waals surface area contributed by atoms with Crippen LogP contribution in [-0.2, 0) is 4.79 Å². The Morgan fingerprint density at radius 1 is 1.25 bits per heavy atom. The van der Waals surface area contributed by atoms with Crippen LogP contribution in [0.5, 0.6) is 5.75 Å². The van der Waals surface area contributed by atoms with E-state index in [-0.39, 0.29) is 5.91 Å². The van der Waals surface area contributed by atoms with Crippen molar-refractivity contribution in [3.8, 4) is 5.75 Å². The minimum atomic E-state index is -0.563. The third kappa shape index (κ3) is 4.88. The lowest BCUT2D eigenvalue weighted by molar-refractivity contribution is -0.138. The molecule has 1 aromatic carbocycles. The summed E-state index contributed by atoms with van der Waals surface area (Å²) >= 11 is 11.9. The Morgan fingerprint density at radius 3 is 2.35 bits per heavy atom. The molecule has 0 heterocycles. The van der Waals surface area contributed by atoms with Crippen LogP contribution in [0.2, 0.25) is 10.0 Å². The van der Waals surface area contributed by atoms with Crippen molar-refractivity contribution in [1.29, 1.82) is 0 Å². The summed E-state index contributed by atoms with van der Waals surface area (Å²) in [7, 11) is 0. The first kappa shape index (κ1) is 17.1. The van der Waals surface area contributed by atoms with Crippen molar-refractivity contribution in [3.05, 3.63) is 28.2 Å². The molecule has 0 unspecified atom stereocenters. The smallest absolute Gasteiger partial charge is 0.263 e. The van der Waals surface area contributed by atoms with Crippen molar-refractivity contribution >= 4 is 29.1 Å². The molecular formula is C15H21Cl2NO2. The number of ether oxygens (including phenoxy) is 1. The van der Waals surface area contributed by atoms with E-state index in [1.807, 2.05) is 4.90 Å². The second-order valence-corrected chi connectivity index (χ2v) is 5.50. The molecule has 0 aliphatic rings. The van der Waals surface area contributed by atoms with Gasteiger partial charge < -0.3 is 9.64 Å². The number of halogens is 2. The molecular weight excluding hydrogens is 297 g/mol. The Hall–Kier alpha value is -0.930.